The number of fused-ring (bicyclic) bond motifs is 2. The van der Waals surface area contributed by atoms with Gasteiger partial charge in [-0.25, -0.2) is 0 Å². The molecule has 0 spiro atoms. The Labute approximate surface area is 192 Å². The molecule has 5 nitrogen and oxygen atoms in total. The van der Waals surface area contributed by atoms with Gasteiger partial charge in [-0.2, -0.15) is 0 Å². The van der Waals surface area contributed by atoms with Gasteiger partial charge in [-0.3, -0.25) is 14.8 Å². The lowest BCUT2D eigenvalue weighted by molar-refractivity contribution is 0.145. The summed E-state index contributed by atoms with van der Waals surface area (Å²) in [7, 11) is 0. The van der Waals surface area contributed by atoms with E-state index in [1.165, 1.54) is 35.2 Å². The molecule has 0 aromatic heterocycles. The lowest BCUT2D eigenvalue weighted by Crippen LogP contribution is -2.50. The third-order valence-corrected chi connectivity index (χ3v) is 7.47. The molecule has 0 radical (unpaired) electrons. The van der Waals surface area contributed by atoms with Gasteiger partial charge in [-0.1, -0.05) is 13.0 Å². The Balaban J connectivity index is 1.14. The van der Waals surface area contributed by atoms with Crippen molar-refractivity contribution < 1.29 is 5.11 Å². The second-order valence-electron chi connectivity index (χ2n) is 9.54. The van der Waals surface area contributed by atoms with Crippen LogP contribution in [0.5, 0.6) is 5.75 Å². The van der Waals surface area contributed by atoms with E-state index in [0.29, 0.717) is 11.8 Å². The maximum atomic E-state index is 9.91. The minimum atomic E-state index is 0.403. The number of hydrogen-bond donors (Lipinski definition) is 1. The van der Waals surface area contributed by atoms with Crippen molar-refractivity contribution in [3.8, 4) is 5.75 Å². The maximum absolute atomic E-state index is 9.91. The largest absolute Gasteiger partial charge is 0.508 e. The quantitative estimate of drug-likeness (QED) is 0.717. The van der Waals surface area contributed by atoms with Crippen molar-refractivity contribution >= 4 is 17.6 Å². The molecule has 1 saturated heterocycles. The third-order valence-electron chi connectivity index (χ3n) is 7.47. The topological polar surface area (TPSA) is 42.3 Å². The van der Waals surface area contributed by atoms with Crippen molar-refractivity contribution in [3.63, 3.8) is 0 Å². The van der Waals surface area contributed by atoms with Gasteiger partial charge in [-0.15, -0.1) is 0 Å². The lowest BCUT2D eigenvalue weighted by Gasteiger charge is -2.39. The van der Waals surface area contributed by atoms with Crippen molar-refractivity contribution in [2.75, 3.05) is 50.7 Å². The molecule has 170 valence electrons. The van der Waals surface area contributed by atoms with Gasteiger partial charge in [0.05, 0.1) is 5.69 Å². The summed E-state index contributed by atoms with van der Waals surface area (Å²) in [4.78, 5) is 12.3. The molecule has 5 heteroatoms. The fourth-order valence-electron chi connectivity index (χ4n) is 5.60. The summed E-state index contributed by atoms with van der Waals surface area (Å²) in [5, 5.41) is 9.91. The first-order valence-electron chi connectivity index (χ1n) is 12.4. The highest BCUT2D eigenvalue weighted by molar-refractivity contribution is 5.77. The van der Waals surface area contributed by atoms with E-state index in [1.54, 1.807) is 0 Å². The van der Waals surface area contributed by atoms with Crippen molar-refractivity contribution in [2.24, 2.45) is 4.99 Å². The van der Waals surface area contributed by atoms with Crippen LogP contribution in [0.15, 0.2) is 41.4 Å². The second kappa shape index (κ2) is 9.63. The molecule has 32 heavy (non-hydrogen) atoms. The predicted octanol–water partition coefficient (Wildman–Crippen LogP) is 4.04. The summed E-state index contributed by atoms with van der Waals surface area (Å²) in [5.41, 5.74) is 6.62. The number of aliphatic imine (C=N–C) groups is 1. The lowest BCUT2D eigenvalue weighted by atomic mass is 9.87. The minimum Gasteiger partial charge on any atom is -0.508 e. The molecule has 0 bridgehead atoms. The zero-order chi connectivity index (χ0) is 21.9. The van der Waals surface area contributed by atoms with Crippen LogP contribution in [0, 0.1) is 0 Å². The van der Waals surface area contributed by atoms with Gasteiger partial charge in [0.1, 0.15) is 5.75 Å². The van der Waals surface area contributed by atoms with Gasteiger partial charge in [0.2, 0.25) is 0 Å². The molecule has 1 atom stereocenters. The first-order valence-corrected chi connectivity index (χ1v) is 12.4. The summed E-state index contributed by atoms with van der Waals surface area (Å²) >= 11 is 0. The molecular formula is C27H36N4O. The van der Waals surface area contributed by atoms with Crippen LogP contribution in [0.1, 0.15) is 36.5 Å². The van der Waals surface area contributed by atoms with Crippen LogP contribution in [0.25, 0.3) is 0 Å². The molecule has 1 N–H and O–H groups in total. The molecule has 2 aliphatic heterocycles. The fourth-order valence-corrected chi connectivity index (χ4v) is 5.60. The van der Waals surface area contributed by atoms with Crippen LogP contribution in [0.3, 0.4) is 0 Å². The van der Waals surface area contributed by atoms with Crippen molar-refractivity contribution in [1.82, 2.24) is 9.80 Å². The molecule has 5 rings (SSSR count). The monoisotopic (exact) mass is 432 g/mol. The Morgan fingerprint density at radius 3 is 2.72 bits per heavy atom. The number of hydrogen-bond acceptors (Lipinski definition) is 5. The number of piperazine rings is 1. The molecule has 0 saturated carbocycles. The Hall–Kier alpha value is -2.37. The van der Waals surface area contributed by atoms with E-state index in [2.05, 4.69) is 50.9 Å². The molecule has 1 aliphatic carbocycles. The average molecular weight is 433 g/mol. The van der Waals surface area contributed by atoms with E-state index in [9.17, 15) is 5.11 Å². The Bertz CT molecular complexity index is 964. The fraction of sp³-hybridized carbons (Fsp3) is 0.519. The van der Waals surface area contributed by atoms with Crippen LogP contribution < -0.4 is 4.90 Å². The summed E-state index contributed by atoms with van der Waals surface area (Å²) in [6, 6.07) is 13.3. The number of benzene rings is 2. The highest BCUT2D eigenvalue weighted by Crippen LogP contribution is 2.30. The van der Waals surface area contributed by atoms with Crippen LogP contribution in [0.2, 0.25) is 0 Å². The van der Waals surface area contributed by atoms with E-state index in [-0.39, 0.29) is 0 Å². The number of rotatable bonds is 7. The average Bonchev–Trinajstić information content (AvgIpc) is 3.29. The smallest absolute Gasteiger partial charge is 0.115 e. The number of nitrogens with zero attached hydrogens (tertiary/aromatic N) is 4. The Morgan fingerprint density at radius 2 is 1.88 bits per heavy atom. The summed E-state index contributed by atoms with van der Waals surface area (Å²) in [6.07, 6.45) is 7.61. The third kappa shape index (κ3) is 4.69. The van der Waals surface area contributed by atoms with Gasteiger partial charge in [0, 0.05) is 63.6 Å². The zero-order valence-corrected chi connectivity index (χ0v) is 19.3. The SMILES string of the molecule is CCCN(CCN1CCN(c2ccc3c(c2)CC=N3)CC1)C1CCc2ccc(O)cc2C1. The first-order chi connectivity index (χ1) is 15.7. The number of anilines is 1. The van der Waals surface area contributed by atoms with Crippen molar-refractivity contribution in [1.29, 1.82) is 0 Å². The Morgan fingerprint density at radius 1 is 1.00 bits per heavy atom. The second-order valence-corrected chi connectivity index (χ2v) is 9.54. The molecule has 2 heterocycles. The number of aryl methyl sites for hydroxylation is 1. The summed E-state index contributed by atoms with van der Waals surface area (Å²) in [5.74, 6) is 0.403. The Kier molecular flexibility index (Phi) is 6.47. The highest BCUT2D eigenvalue weighted by atomic mass is 16.3. The zero-order valence-electron chi connectivity index (χ0n) is 19.3. The first kappa shape index (κ1) is 21.5. The molecule has 1 unspecified atom stereocenters. The molecule has 3 aliphatic rings. The summed E-state index contributed by atoms with van der Waals surface area (Å²) < 4.78 is 0. The van der Waals surface area contributed by atoms with Gasteiger partial charge < -0.3 is 10.0 Å². The molecule has 1 fully saturated rings. The number of phenolic OH excluding ortho intramolecular Hbond substituents is 1. The summed E-state index contributed by atoms with van der Waals surface area (Å²) in [6.45, 7) is 10.2. The molecule has 2 aromatic carbocycles. The number of aromatic hydroxyl groups is 1. The standard InChI is InChI=1S/C27H36N4O/c1-2-11-30(24-5-3-21-4-7-26(32)20-23(21)19-24)15-12-29-13-16-31(17-14-29)25-6-8-27-22(18-25)9-10-28-27/h4,6-8,10,18,20,24,32H,2-3,5,9,11-17,19H2,1H3. The minimum absolute atomic E-state index is 0.403. The van der Waals surface area contributed by atoms with Gasteiger partial charge in [0.25, 0.3) is 0 Å². The maximum Gasteiger partial charge on any atom is 0.115 e. The van der Waals surface area contributed by atoms with Crippen molar-refractivity contribution in [3.05, 3.63) is 53.1 Å². The molecule has 0 amide bonds. The van der Waals surface area contributed by atoms with Gasteiger partial charge in [0.15, 0.2) is 0 Å². The van der Waals surface area contributed by atoms with Crippen LogP contribution in [-0.2, 0) is 19.3 Å². The normalized spacial score (nSPS) is 20.6. The molecule has 2 aromatic rings. The number of phenols is 1. The van der Waals surface area contributed by atoms with Gasteiger partial charge >= 0.3 is 0 Å². The predicted molar refractivity (Wildman–Crippen MR) is 133 cm³/mol. The van der Waals surface area contributed by atoms with E-state index >= 15 is 0 Å². The van der Waals surface area contributed by atoms with Gasteiger partial charge in [-0.05, 0) is 79.3 Å². The van der Waals surface area contributed by atoms with E-state index in [1.807, 2.05) is 18.3 Å². The van der Waals surface area contributed by atoms with Crippen LogP contribution >= 0.6 is 0 Å². The van der Waals surface area contributed by atoms with E-state index in [0.717, 1.165) is 70.8 Å². The molecular weight excluding hydrogens is 396 g/mol. The van der Waals surface area contributed by atoms with E-state index in [4.69, 9.17) is 0 Å². The van der Waals surface area contributed by atoms with Crippen molar-refractivity contribution in [2.45, 2.75) is 45.1 Å². The van der Waals surface area contributed by atoms with E-state index < -0.39 is 0 Å². The highest BCUT2D eigenvalue weighted by Gasteiger charge is 2.25. The van der Waals surface area contributed by atoms with Crippen LogP contribution in [-0.4, -0.2) is 73.0 Å². The van der Waals surface area contributed by atoms with Crippen LogP contribution in [0.4, 0.5) is 11.4 Å².